The molecule has 0 amide bonds. The molecule has 0 aliphatic carbocycles. The van der Waals surface area contributed by atoms with Crippen molar-refractivity contribution in [1.82, 2.24) is 9.88 Å². The van der Waals surface area contributed by atoms with Crippen LogP contribution in [0, 0.1) is 0 Å². The molecule has 0 saturated carbocycles. The van der Waals surface area contributed by atoms with Gasteiger partial charge in [-0.05, 0) is 24.1 Å². The van der Waals surface area contributed by atoms with E-state index in [4.69, 9.17) is 0 Å². The molecule has 0 radical (unpaired) electrons. The second-order valence-electron chi connectivity index (χ2n) is 5.52. The molecule has 0 bridgehead atoms. The standard InChI is InChI=1S/C17H18N2O2/c1-12(20)15-9-14-11-19(8-7-16(14)18-17(15)21)10-13-5-3-2-4-6-13/h2-6,9H,7-8,10-11H2,1H3,(H,18,21). The maximum absolute atomic E-state index is 11.8. The summed E-state index contributed by atoms with van der Waals surface area (Å²) in [5.41, 5.74) is 3.29. The summed E-state index contributed by atoms with van der Waals surface area (Å²) in [6.45, 7) is 3.99. The molecule has 0 atom stereocenters. The zero-order chi connectivity index (χ0) is 14.8. The van der Waals surface area contributed by atoms with E-state index < -0.39 is 0 Å². The maximum Gasteiger partial charge on any atom is 0.259 e. The molecule has 0 fully saturated rings. The number of rotatable bonds is 3. The van der Waals surface area contributed by atoms with E-state index in [9.17, 15) is 9.59 Å². The lowest BCUT2D eigenvalue weighted by molar-refractivity contribution is 0.101. The number of aromatic amines is 1. The van der Waals surface area contributed by atoms with Gasteiger partial charge in [0.15, 0.2) is 5.78 Å². The number of aromatic nitrogens is 1. The first-order chi connectivity index (χ1) is 10.1. The van der Waals surface area contributed by atoms with Gasteiger partial charge in [-0.15, -0.1) is 0 Å². The smallest absolute Gasteiger partial charge is 0.259 e. The summed E-state index contributed by atoms with van der Waals surface area (Å²) >= 11 is 0. The van der Waals surface area contributed by atoms with Crippen molar-refractivity contribution in [3.8, 4) is 0 Å². The highest BCUT2D eigenvalue weighted by molar-refractivity contribution is 5.93. The van der Waals surface area contributed by atoms with Crippen LogP contribution in [0.5, 0.6) is 0 Å². The Bertz CT molecular complexity index is 719. The van der Waals surface area contributed by atoms with Gasteiger partial charge in [-0.3, -0.25) is 14.5 Å². The number of hydrogen-bond acceptors (Lipinski definition) is 3. The Morgan fingerprint density at radius 3 is 2.76 bits per heavy atom. The van der Waals surface area contributed by atoms with Gasteiger partial charge in [0.1, 0.15) is 0 Å². The lowest BCUT2D eigenvalue weighted by atomic mass is 10.0. The summed E-state index contributed by atoms with van der Waals surface area (Å²) < 4.78 is 0. The van der Waals surface area contributed by atoms with Gasteiger partial charge in [-0.25, -0.2) is 0 Å². The highest BCUT2D eigenvalue weighted by Gasteiger charge is 2.19. The van der Waals surface area contributed by atoms with Crippen LogP contribution in [0.4, 0.5) is 0 Å². The van der Waals surface area contributed by atoms with Gasteiger partial charge in [0, 0.05) is 31.7 Å². The number of pyridine rings is 1. The zero-order valence-electron chi connectivity index (χ0n) is 12.1. The third-order valence-corrected chi connectivity index (χ3v) is 3.92. The number of H-pyrrole nitrogens is 1. The van der Waals surface area contributed by atoms with Crippen molar-refractivity contribution in [2.75, 3.05) is 6.54 Å². The topological polar surface area (TPSA) is 53.2 Å². The van der Waals surface area contributed by atoms with Crippen molar-refractivity contribution >= 4 is 5.78 Å². The van der Waals surface area contributed by atoms with Crippen LogP contribution in [0.1, 0.15) is 34.1 Å². The molecule has 21 heavy (non-hydrogen) atoms. The number of Topliss-reactive ketones (excluding diaryl/α,β-unsaturated/α-hetero) is 1. The number of ketones is 1. The van der Waals surface area contributed by atoms with Gasteiger partial charge < -0.3 is 4.98 Å². The second kappa shape index (κ2) is 5.66. The Hall–Kier alpha value is -2.20. The number of carbonyl (C=O) groups excluding carboxylic acids is 1. The van der Waals surface area contributed by atoms with Crippen LogP contribution in [-0.2, 0) is 19.5 Å². The number of benzene rings is 1. The molecule has 2 aromatic rings. The Balaban J connectivity index is 1.83. The lowest BCUT2D eigenvalue weighted by Crippen LogP contribution is -2.33. The van der Waals surface area contributed by atoms with Crippen molar-refractivity contribution in [3.63, 3.8) is 0 Å². The van der Waals surface area contributed by atoms with Crippen molar-refractivity contribution in [3.05, 3.63) is 69.1 Å². The predicted octanol–water partition coefficient (Wildman–Crippen LogP) is 2.14. The maximum atomic E-state index is 11.8. The fourth-order valence-electron chi connectivity index (χ4n) is 2.80. The summed E-state index contributed by atoms with van der Waals surface area (Å²) in [6.07, 6.45) is 0.815. The Kier molecular flexibility index (Phi) is 3.71. The first kappa shape index (κ1) is 13.8. The summed E-state index contributed by atoms with van der Waals surface area (Å²) in [5.74, 6) is -0.181. The summed E-state index contributed by atoms with van der Waals surface area (Å²) in [6, 6.07) is 12.1. The van der Waals surface area contributed by atoms with Crippen LogP contribution < -0.4 is 5.56 Å². The molecule has 108 valence electrons. The SMILES string of the molecule is CC(=O)c1cc2c([nH]c1=O)CCN(Cc1ccccc1)C2. The third-order valence-electron chi connectivity index (χ3n) is 3.92. The van der Waals surface area contributed by atoms with Gasteiger partial charge in [0.25, 0.3) is 5.56 Å². The first-order valence-electron chi connectivity index (χ1n) is 7.16. The van der Waals surface area contributed by atoms with E-state index in [1.54, 1.807) is 6.07 Å². The van der Waals surface area contributed by atoms with Crippen LogP contribution in [0.15, 0.2) is 41.2 Å². The van der Waals surface area contributed by atoms with E-state index in [2.05, 4.69) is 22.0 Å². The molecule has 1 aromatic heterocycles. The van der Waals surface area contributed by atoms with Crippen molar-refractivity contribution in [2.24, 2.45) is 0 Å². The lowest BCUT2D eigenvalue weighted by Gasteiger charge is -2.28. The van der Waals surface area contributed by atoms with E-state index in [0.29, 0.717) is 0 Å². The summed E-state index contributed by atoms with van der Waals surface area (Å²) in [7, 11) is 0. The molecule has 1 aliphatic rings. The fraction of sp³-hybridized carbons (Fsp3) is 0.294. The largest absolute Gasteiger partial charge is 0.325 e. The summed E-state index contributed by atoms with van der Waals surface area (Å²) in [5, 5.41) is 0. The van der Waals surface area contributed by atoms with Gasteiger partial charge in [-0.1, -0.05) is 30.3 Å². The van der Waals surface area contributed by atoms with Gasteiger partial charge >= 0.3 is 0 Å². The molecule has 1 aliphatic heterocycles. The normalized spacial score (nSPS) is 14.7. The van der Waals surface area contributed by atoms with Gasteiger partial charge in [-0.2, -0.15) is 0 Å². The van der Waals surface area contributed by atoms with Crippen LogP contribution in [0.3, 0.4) is 0 Å². The van der Waals surface area contributed by atoms with E-state index in [1.807, 2.05) is 18.2 Å². The van der Waals surface area contributed by atoms with Crippen LogP contribution in [0.25, 0.3) is 0 Å². The molecule has 0 saturated heterocycles. The Morgan fingerprint density at radius 1 is 1.29 bits per heavy atom. The highest BCUT2D eigenvalue weighted by atomic mass is 16.1. The fourth-order valence-corrected chi connectivity index (χ4v) is 2.80. The quantitative estimate of drug-likeness (QED) is 0.878. The Labute approximate surface area is 123 Å². The number of carbonyl (C=O) groups is 1. The summed E-state index contributed by atoms with van der Waals surface area (Å²) in [4.78, 5) is 28.5. The number of nitrogens with zero attached hydrogens (tertiary/aromatic N) is 1. The molecular weight excluding hydrogens is 264 g/mol. The predicted molar refractivity (Wildman–Crippen MR) is 81.3 cm³/mol. The molecule has 2 heterocycles. The van der Waals surface area contributed by atoms with E-state index >= 15 is 0 Å². The molecule has 1 N–H and O–H groups in total. The highest BCUT2D eigenvalue weighted by Crippen LogP contribution is 2.18. The second-order valence-corrected chi connectivity index (χ2v) is 5.52. The molecule has 0 unspecified atom stereocenters. The van der Waals surface area contributed by atoms with Gasteiger partial charge in [0.2, 0.25) is 0 Å². The molecule has 3 rings (SSSR count). The minimum absolute atomic E-state index is 0.181. The molecule has 4 heteroatoms. The van der Waals surface area contributed by atoms with Crippen LogP contribution in [0.2, 0.25) is 0 Å². The number of fused-ring (bicyclic) bond motifs is 1. The molecule has 4 nitrogen and oxygen atoms in total. The van der Waals surface area contributed by atoms with Crippen LogP contribution in [-0.4, -0.2) is 22.2 Å². The minimum atomic E-state index is -0.266. The number of hydrogen-bond donors (Lipinski definition) is 1. The van der Waals surface area contributed by atoms with E-state index in [1.165, 1.54) is 12.5 Å². The molecule has 1 aromatic carbocycles. The van der Waals surface area contributed by atoms with Crippen molar-refractivity contribution < 1.29 is 4.79 Å². The minimum Gasteiger partial charge on any atom is -0.325 e. The van der Waals surface area contributed by atoms with E-state index in [-0.39, 0.29) is 16.9 Å². The average Bonchev–Trinajstić information content (AvgIpc) is 2.47. The average molecular weight is 282 g/mol. The van der Waals surface area contributed by atoms with Crippen LogP contribution >= 0.6 is 0 Å². The third kappa shape index (κ3) is 2.95. The van der Waals surface area contributed by atoms with Gasteiger partial charge in [0.05, 0.1) is 5.56 Å². The number of nitrogens with one attached hydrogen (secondary N) is 1. The van der Waals surface area contributed by atoms with E-state index in [0.717, 1.165) is 37.3 Å². The monoisotopic (exact) mass is 282 g/mol. The van der Waals surface area contributed by atoms with Crippen molar-refractivity contribution in [1.29, 1.82) is 0 Å². The Morgan fingerprint density at radius 2 is 2.05 bits per heavy atom. The molecule has 0 spiro atoms. The van der Waals surface area contributed by atoms with Crippen molar-refractivity contribution in [2.45, 2.75) is 26.4 Å². The molecular formula is C17H18N2O2. The zero-order valence-corrected chi connectivity index (χ0v) is 12.1. The first-order valence-corrected chi connectivity index (χ1v) is 7.16.